The summed E-state index contributed by atoms with van der Waals surface area (Å²) >= 11 is 0. The number of hydrogen-bond acceptors (Lipinski definition) is 1. The first-order chi connectivity index (χ1) is 13.3. The maximum absolute atomic E-state index is 12.1. The molecular formula is C25H37FO. The maximum atomic E-state index is 12.1. The second kappa shape index (κ2) is 10.9. The number of methoxy groups -OCH3 is 1. The van der Waals surface area contributed by atoms with Crippen LogP contribution in [-0.4, -0.2) is 7.11 Å². The van der Waals surface area contributed by atoms with Crippen molar-refractivity contribution in [3.05, 3.63) is 42.2 Å². The molecule has 0 heterocycles. The predicted molar refractivity (Wildman–Crippen MR) is 112 cm³/mol. The monoisotopic (exact) mass is 372 g/mol. The molecule has 0 N–H and O–H groups in total. The first kappa shape index (κ1) is 20.4. The van der Waals surface area contributed by atoms with Gasteiger partial charge in [-0.05, 0) is 79.9 Å². The zero-order valence-electron chi connectivity index (χ0n) is 17.0. The van der Waals surface area contributed by atoms with E-state index in [1.165, 1.54) is 76.2 Å². The van der Waals surface area contributed by atoms with Gasteiger partial charge in [-0.15, -0.1) is 0 Å². The normalized spacial score (nSPS) is 29.1. The molecule has 2 heteroatoms. The van der Waals surface area contributed by atoms with Gasteiger partial charge in [0.2, 0.25) is 0 Å². The summed E-state index contributed by atoms with van der Waals surface area (Å²) in [6.45, 7) is 0. The Balaban J connectivity index is 1.32. The molecule has 1 aromatic rings. The van der Waals surface area contributed by atoms with Crippen LogP contribution < -0.4 is 4.74 Å². The summed E-state index contributed by atoms with van der Waals surface area (Å²) in [6.07, 6.45) is 18.4. The molecule has 2 saturated carbocycles. The average molecular weight is 373 g/mol. The molecule has 0 bridgehead atoms. The standard InChI is InChI=1S/C25H37FO/c1-27-25-17-15-24(16-18-25)23-13-11-22(12-14-23)10-9-21-7-5-20(6-8-21)4-2-3-19-26/h3,15-23H,2,4-14H2,1H3/b19-3+. The highest BCUT2D eigenvalue weighted by Gasteiger charge is 2.25. The lowest BCUT2D eigenvalue weighted by Gasteiger charge is -2.32. The minimum Gasteiger partial charge on any atom is -0.497 e. The number of rotatable bonds is 8. The highest BCUT2D eigenvalue weighted by atomic mass is 19.1. The van der Waals surface area contributed by atoms with Crippen molar-refractivity contribution in [2.45, 2.75) is 83.0 Å². The van der Waals surface area contributed by atoms with Crippen molar-refractivity contribution in [1.82, 2.24) is 0 Å². The fourth-order valence-corrected chi connectivity index (χ4v) is 5.34. The molecule has 3 rings (SSSR count). The van der Waals surface area contributed by atoms with Crippen molar-refractivity contribution in [1.29, 1.82) is 0 Å². The van der Waals surface area contributed by atoms with Gasteiger partial charge in [0.25, 0.3) is 0 Å². The van der Waals surface area contributed by atoms with Gasteiger partial charge in [0.05, 0.1) is 13.4 Å². The van der Waals surface area contributed by atoms with Crippen LogP contribution in [0.5, 0.6) is 5.75 Å². The third-order valence-corrected chi connectivity index (χ3v) is 7.21. The summed E-state index contributed by atoms with van der Waals surface area (Å²) in [5, 5.41) is 0. The minimum absolute atomic E-state index is 0.703. The molecule has 0 aromatic heterocycles. The van der Waals surface area contributed by atoms with Crippen LogP contribution in [0.3, 0.4) is 0 Å². The molecule has 0 aliphatic heterocycles. The summed E-state index contributed by atoms with van der Waals surface area (Å²) in [7, 11) is 1.73. The van der Waals surface area contributed by atoms with E-state index >= 15 is 0 Å². The van der Waals surface area contributed by atoms with E-state index in [9.17, 15) is 4.39 Å². The van der Waals surface area contributed by atoms with Crippen molar-refractivity contribution in [3.8, 4) is 5.75 Å². The molecular weight excluding hydrogens is 335 g/mol. The zero-order chi connectivity index (χ0) is 18.9. The fraction of sp³-hybridized carbons (Fsp3) is 0.680. The largest absolute Gasteiger partial charge is 0.497 e. The third kappa shape index (κ3) is 6.36. The molecule has 150 valence electrons. The Bertz CT molecular complexity index is 548. The van der Waals surface area contributed by atoms with Crippen molar-refractivity contribution >= 4 is 0 Å². The average Bonchev–Trinajstić information content (AvgIpc) is 2.74. The lowest BCUT2D eigenvalue weighted by molar-refractivity contribution is 0.225. The molecule has 27 heavy (non-hydrogen) atoms. The van der Waals surface area contributed by atoms with Gasteiger partial charge < -0.3 is 4.74 Å². The lowest BCUT2D eigenvalue weighted by Crippen LogP contribution is -2.17. The quantitative estimate of drug-likeness (QED) is 0.452. The topological polar surface area (TPSA) is 9.23 Å². The second-order valence-corrected chi connectivity index (χ2v) is 8.89. The van der Waals surface area contributed by atoms with E-state index in [1.54, 1.807) is 13.2 Å². The minimum atomic E-state index is 0.703. The van der Waals surface area contributed by atoms with E-state index in [-0.39, 0.29) is 0 Å². The predicted octanol–water partition coefficient (Wildman–Crippen LogP) is 7.82. The van der Waals surface area contributed by atoms with Gasteiger partial charge in [-0.25, -0.2) is 4.39 Å². The van der Waals surface area contributed by atoms with Crippen molar-refractivity contribution < 1.29 is 9.13 Å². The van der Waals surface area contributed by atoms with E-state index in [1.807, 2.05) is 0 Å². The van der Waals surface area contributed by atoms with Crippen molar-refractivity contribution in [3.63, 3.8) is 0 Å². The number of halogens is 1. The highest BCUT2D eigenvalue weighted by molar-refractivity contribution is 5.29. The highest BCUT2D eigenvalue weighted by Crippen LogP contribution is 2.40. The molecule has 1 nitrogen and oxygen atoms in total. The molecule has 0 unspecified atom stereocenters. The van der Waals surface area contributed by atoms with Crippen LogP contribution >= 0.6 is 0 Å². The third-order valence-electron chi connectivity index (χ3n) is 7.21. The molecule has 1 aromatic carbocycles. The lowest BCUT2D eigenvalue weighted by atomic mass is 9.74. The van der Waals surface area contributed by atoms with E-state index in [4.69, 9.17) is 4.74 Å². The Hall–Kier alpha value is -1.31. The number of allylic oxidation sites excluding steroid dienone is 1. The molecule has 0 saturated heterocycles. The summed E-state index contributed by atoms with van der Waals surface area (Å²) in [5.41, 5.74) is 1.50. The Labute approximate surface area is 165 Å². The van der Waals surface area contributed by atoms with Gasteiger partial charge in [-0.1, -0.05) is 56.7 Å². The van der Waals surface area contributed by atoms with Gasteiger partial charge in [-0.3, -0.25) is 0 Å². The Morgan fingerprint density at radius 3 is 1.85 bits per heavy atom. The molecule has 0 amide bonds. The van der Waals surface area contributed by atoms with Gasteiger partial charge in [0, 0.05) is 0 Å². The maximum Gasteiger partial charge on any atom is 0.118 e. The van der Waals surface area contributed by atoms with Gasteiger partial charge in [0.15, 0.2) is 0 Å². The van der Waals surface area contributed by atoms with Crippen LogP contribution in [0.25, 0.3) is 0 Å². The number of ether oxygens (including phenoxy) is 1. The first-order valence-electron chi connectivity index (χ1n) is 11.2. The van der Waals surface area contributed by atoms with Gasteiger partial charge in [0.1, 0.15) is 5.75 Å². The summed E-state index contributed by atoms with van der Waals surface area (Å²) in [4.78, 5) is 0. The van der Waals surface area contributed by atoms with Crippen LogP contribution in [0.15, 0.2) is 36.7 Å². The van der Waals surface area contributed by atoms with Crippen LogP contribution in [0.2, 0.25) is 0 Å². The Kier molecular flexibility index (Phi) is 8.23. The Morgan fingerprint density at radius 2 is 1.33 bits per heavy atom. The summed E-state index contributed by atoms with van der Waals surface area (Å²) in [6, 6.07) is 8.72. The number of benzene rings is 1. The molecule has 2 fully saturated rings. The van der Waals surface area contributed by atoms with E-state index in [2.05, 4.69) is 24.3 Å². The van der Waals surface area contributed by atoms with Crippen LogP contribution in [-0.2, 0) is 0 Å². The number of hydrogen-bond donors (Lipinski definition) is 0. The fourth-order valence-electron chi connectivity index (χ4n) is 5.34. The van der Waals surface area contributed by atoms with Gasteiger partial charge >= 0.3 is 0 Å². The van der Waals surface area contributed by atoms with Crippen molar-refractivity contribution in [2.24, 2.45) is 17.8 Å². The van der Waals surface area contributed by atoms with Crippen LogP contribution in [0.1, 0.15) is 88.5 Å². The van der Waals surface area contributed by atoms with Crippen LogP contribution in [0, 0.1) is 17.8 Å². The summed E-state index contributed by atoms with van der Waals surface area (Å²) < 4.78 is 17.3. The Morgan fingerprint density at radius 1 is 0.815 bits per heavy atom. The first-order valence-corrected chi connectivity index (χ1v) is 11.2. The van der Waals surface area contributed by atoms with E-state index in [0.29, 0.717) is 6.33 Å². The molecule has 2 aliphatic rings. The van der Waals surface area contributed by atoms with Crippen LogP contribution in [0.4, 0.5) is 4.39 Å². The molecule has 0 atom stereocenters. The molecule has 2 aliphatic carbocycles. The summed E-state index contributed by atoms with van der Waals surface area (Å²) in [5.74, 6) is 4.46. The van der Waals surface area contributed by atoms with Crippen molar-refractivity contribution in [2.75, 3.05) is 7.11 Å². The zero-order valence-corrected chi connectivity index (χ0v) is 17.0. The smallest absolute Gasteiger partial charge is 0.118 e. The van der Waals surface area contributed by atoms with E-state index < -0.39 is 0 Å². The SMILES string of the molecule is COc1ccc(C2CCC(CCC3CCC(CC/C=C/F)CC3)CC2)cc1. The molecule has 0 radical (unpaired) electrons. The van der Waals surface area contributed by atoms with E-state index in [0.717, 1.165) is 35.8 Å². The second-order valence-electron chi connectivity index (χ2n) is 8.89. The van der Waals surface area contributed by atoms with Gasteiger partial charge in [-0.2, -0.15) is 0 Å². The molecule has 0 spiro atoms.